The van der Waals surface area contributed by atoms with Gasteiger partial charge < -0.3 is 15.2 Å². The number of rotatable bonds is 7. The number of halogens is 1. The number of hydrogen-bond acceptors (Lipinski definition) is 6. The van der Waals surface area contributed by atoms with Crippen molar-refractivity contribution in [3.63, 3.8) is 0 Å². The van der Waals surface area contributed by atoms with E-state index in [4.69, 9.17) is 4.98 Å². The first-order chi connectivity index (χ1) is 18.0. The summed E-state index contributed by atoms with van der Waals surface area (Å²) >= 11 is 0. The Morgan fingerprint density at radius 3 is 2.62 bits per heavy atom. The molecule has 9 heteroatoms. The largest absolute Gasteiger partial charge is 0.384 e. The van der Waals surface area contributed by atoms with Crippen LogP contribution in [0.2, 0.25) is 0 Å². The monoisotopic (exact) mass is 492 g/mol. The zero-order valence-electron chi connectivity index (χ0n) is 20.5. The Kier molecular flexibility index (Phi) is 5.82. The van der Waals surface area contributed by atoms with Crippen LogP contribution in [0, 0.1) is 5.82 Å². The van der Waals surface area contributed by atoms with Crippen LogP contribution in [-0.2, 0) is 0 Å². The Hall–Kier alpha value is -4.63. The highest BCUT2D eigenvalue weighted by Crippen LogP contribution is 2.33. The van der Waals surface area contributed by atoms with Gasteiger partial charge in [-0.3, -0.25) is 10.1 Å². The van der Waals surface area contributed by atoms with Crippen molar-refractivity contribution >= 4 is 27.8 Å². The van der Waals surface area contributed by atoms with E-state index in [1.165, 1.54) is 12.1 Å². The van der Waals surface area contributed by atoms with E-state index in [1.807, 2.05) is 50.5 Å². The molecule has 0 saturated heterocycles. The number of likely N-dealkylation sites (N-methyl/N-ethyl adjacent to an activating group) is 1. The van der Waals surface area contributed by atoms with Crippen LogP contribution < -0.4 is 5.32 Å². The van der Waals surface area contributed by atoms with E-state index < -0.39 is 0 Å². The summed E-state index contributed by atoms with van der Waals surface area (Å²) in [5.74, 6) is 0.283. The van der Waals surface area contributed by atoms with Crippen molar-refractivity contribution in [3.8, 4) is 33.8 Å². The van der Waals surface area contributed by atoms with Crippen molar-refractivity contribution in [2.75, 3.05) is 32.5 Å². The Morgan fingerprint density at radius 1 is 0.919 bits per heavy atom. The average Bonchev–Trinajstić information content (AvgIpc) is 3.52. The molecule has 6 rings (SSSR count). The maximum Gasteiger partial charge on any atom is 0.178 e. The zero-order chi connectivity index (χ0) is 25.4. The molecule has 6 aromatic rings. The molecule has 4 aromatic heterocycles. The third-order valence-corrected chi connectivity index (χ3v) is 6.29. The Bertz CT molecular complexity index is 1700. The number of imidazole rings is 1. The molecule has 0 fully saturated rings. The number of benzene rings is 2. The molecule has 0 aliphatic heterocycles. The predicted molar refractivity (Wildman–Crippen MR) is 145 cm³/mol. The van der Waals surface area contributed by atoms with E-state index in [1.54, 1.807) is 18.6 Å². The van der Waals surface area contributed by atoms with Crippen LogP contribution in [-0.4, -0.2) is 62.2 Å². The van der Waals surface area contributed by atoms with Gasteiger partial charge in [-0.05, 0) is 79.3 Å². The number of pyridine rings is 2. The fraction of sp³-hybridized carbons (Fsp3) is 0.143. The van der Waals surface area contributed by atoms with Crippen molar-refractivity contribution in [1.29, 1.82) is 0 Å². The quantitative estimate of drug-likeness (QED) is 0.278. The lowest BCUT2D eigenvalue weighted by atomic mass is 10.0. The molecular formula is C28H25FN8. The summed E-state index contributed by atoms with van der Waals surface area (Å²) in [4.78, 5) is 18.8. The second-order valence-corrected chi connectivity index (χ2v) is 9.17. The summed E-state index contributed by atoms with van der Waals surface area (Å²) in [5.41, 5.74) is 7.27. The maximum atomic E-state index is 14.6. The van der Waals surface area contributed by atoms with Gasteiger partial charge in [-0.15, -0.1) is 0 Å². The maximum absolute atomic E-state index is 14.6. The minimum Gasteiger partial charge on any atom is -0.384 e. The van der Waals surface area contributed by atoms with E-state index in [0.29, 0.717) is 23.7 Å². The molecule has 0 aliphatic rings. The normalized spacial score (nSPS) is 11.6. The second kappa shape index (κ2) is 9.44. The van der Waals surface area contributed by atoms with Gasteiger partial charge >= 0.3 is 0 Å². The molecule has 184 valence electrons. The van der Waals surface area contributed by atoms with E-state index in [-0.39, 0.29) is 5.82 Å². The summed E-state index contributed by atoms with van der Waals surface area (Å²) in [5, 5.41) is 11.9. The highest BCUT2D eigenvalue weighted by molar-refractivity contribution is 5.97. The van der Waals surface area contributed by atoms with Crippen molar-refractivity contribution in [2.24, 2.45) is 0 Å². The molecule has 4 heterocycles. The lowest BCUT2D eigenvalue weighted by Gasteiger charge is -2.13. The fourth-order valence-electron chi connectivity index (χ4n) is 4.45. The molecule has 2 aromatic carbocycles. The Morgan fingerprint density at radius 2 is 1.78 bits per heavy atom. The molecule has 0 spiro atoms. The number of nitrogens with one attached hydrogen (secondary N) is 3. The van der Waals surface area contributed by atoms with Gasteiger partial charge in [-0.1, -0.05) is 6.07 Å². The summed E-state index contributed by atoms with van der Waals surface area (Å²) in [6.07, 6.45) is 5.24. The van der Waals surface area contributed by atoms with Gasteiger partial charge in [-0.25, -0.2) is 14.4 Å². The van der Waals surface area contributed by atoms with Crippen molar-refractivity contribution < 1.29 is 4.39 Å². The van der Waals surface area contributed by atoms with Crippen molar-refractivity contribution in [1.82, 2.24) is 35.0 Å². The fourth-order valence-corrected chi connectivity index (χ4v) is 4.45. The van der Waals surface area contributed by atoms with Gasteiger partial charge in [0.05, 0.1) is 11.0 Å². The van der Waals surface area contributed by atoms with Crippen molar-refractivity contribution in [2.45, 2.75) is 0 Å². The minimum absolute atomic E-state index is 0.309. The Labute approximate surface area is 212 Å². The molecule has 0 amide bonds. The van der Waals surface area contributed by atoms with Gasteiger partial charge in [0.1, 0.15) is 11.5 Å². The second-order valence-electron chi connectivity index (χ2n) is 9.17. The first-order valence-electron chi connectivity index (χ1n) is 12.0. The molecular weight excluding hydrogens is 467 g/mol. The lowest BCUT2D eigenvalue weighted by Crippen LogP contribution is -2.20. The van der Waals surface area contributed by atoms with Crippen LogP contribution in [0.3, 0.4) is 0 Å². The number of aromatic amines is 2. The highest BCUT2D eigenvalue weighted by Gasteiger charge is 2.17. The first kappa shape index (κ1) is 22.8. The number of H-pyrrole nitrogens is 2. The number of hydrogen-bond donors (Lipinski definition) is 3. The van der Waals surface area contributed by atoms with E-state index in [2.05, 4.69) is 41.4 Å². The predicted octanol–water partition coefficient (Wildman–Crippen LogP) is 5.34. The average molecular weight is 493 g/mol. The molecule has 0 saturated carbocycles. The lowest BCUT2D eigenvalue weighted by molar-refractivity contribution is 0.425. The van der Waals surface area contributed by atoms with Gasteiger partial charge in [-0.2, -0.15) is 5.10 Å². The topological polar surface area (TPSA) is 98.4 Å². The highest BCUT2D eigenvalue weighted by atomic mass is 19.1. The van der Waals surface area contributed by atoms with Crippen molar-refractivity contribution in [3.05, 3.63) is 79.0 Å². The van der Waals surface area contributed by atoms with Crippen LogP contribution in [0.25, 0.3) is 55.8 Å². The van der Waals surface area contributed by atoms with Gasteiger partial charge in [0.25, 0.3) is 0 Å². The molecule has 0 radical (unpaired) electrons. The molecule has 0 aliphatic carbocycles. The molecule has 8 nitrogen and oxygen atoms in total. The molecule has 0 atom stereocenters. The van der Waals surface area contributed by atoms with Gasteiger partial charge in [0.15, 0.2) is 11.5 Å². The summed E-state index contributed by atoms with van der Waals surface area (Å²) < 4.78 is 14.6. The third kappa shape index (κ3) is 4.52. The van der Waals surface area contributed by atoms with Crippen LogP contribution in [0.5, 0.6) is 0 Å². The van der Waals surface area contributed by atoms with Crippen LogP contribution >= 0.6 is 0 Å². The number of anilines is 1. The van der Waals surface area contributed by atoms with Crippen LogP contribution in [0.4, 0.5) is 10.1 Å². The van der Waals surface area contributed by atoms with E-state index in [0.717, 1.165) is 50.9 Å². The smallest absolute Gasteiger partial charge is 0.178 e. The third-order valence-electron chi connectivity index (χ3n) is 6.29. The molecule has 37 heavy (non-hydrogen) atoms. The molecule has 0 unspecified atom stereocenters. The summed E-state index contributed by atoms with van der Waals surface area (Å²) in [6.45, 7) is 1.55. The number of nitrogens with zero attached hydrogens (tertiary/aromatic N) is 5. The number of aromatic nitrogens is 6. The first-order valence-corrected chi connectivity index (χ1v) is 12.0. The molecule has 3 N–H and O–H groups in total. The zero-order valence-corrected chi connectivity index (χ0v) is 20.5. The molecule has 0 bridgehead atoms. The van der Waals surface area contributed by atoms with Crippen LogP contribution in [0.15, 0.2) is 73.2 Å². The van der Waals surface area contributed by atoms with Gasteiger partial charge in [0.2, 0.25) is 0 Å². The van der Waals surface area contributed by atoms with Crippen LogP contribution in [0.1, 0.15) is 0 Å². The summed E-state index contributed by atoms with van der Waals surface area (Å²) in [7, 11) is 4.01. The number of fused-ring (bicyclic) bond motifs is 2. The van der Waals surface area contributed by atoms with Gasteiger partial charge in [0, 0.05) is 48.3 Å². The summed E-state index contributed by atoms with van der Waals surface area (Å²) in [6, 6.07) is 16.9. The van der Waals surface area contributed by atoms with E-state index >= 15 is 0 Å². The standard InChI is InChI=1S/C28H25FN8/c1-37(2)12-11-31-21-14-19(13-20(29)16-21)22-7-10-32-27-25(22)33-28(34-27)26-23-15-18(3-4-24(23)35-36-26)17-5-8-30-9-6-17/h3-10,13-16,31H,11-12H2,1-2H3,(H,35,36)(H,32,33,34). The minimum atomic E-state index is -0.309. The Balaban J connectivity index is 1.41. The van der Waals surface area contributed by atoms with E-state index in [9.17, 15) is 4.39 Å². The SMILES string of the molecule is CN(C)CCNc1cc(F)cc(-c2ccnc3nc(-c4n[nH]c5ccc(-c6ccncc6)cc45)[nH]c23)c1.